The van der Waals surface area contributed by atoms with Crippen LogP contribution in [0.3, 0.4) is 0 Å². The van der Waals surface area contributed by atoms with Crippen LogP contribution in [0, 0.1) is 12.8 Å². The Morgan fingerprint density at radius 1 is 1.33 bits per heavy atom. The van der Waals surface area contributed by atoms with E-state index in [0.29, 0.717) is 12.0 Å². The van der Waals surface area contributed by atoms with Crippen molar-refractivity contribution in [2.24, 2.45) is 11.7 Å². The first-order valence-electron chi connectivity index (χ1n) is 8.38. The lowest BCUT2D eigenvalue weighted by atomic mass is 10.0. The Balaban J connectivity index is 2.00. The summed E-state index contributed by atoms with van der Waals surface area (Å²) in [6.45, 7) is 9.52. The molecule has 0 amide bonds. The van der Waals surface area contributed by atoms with Crippen LogP contribution >= 0.6 is 0 Å². The maximum Gasteiger partial charge on any atom is 0.119 e. The SMILES string of the molecule is CCC(CC)COc1ccc(N2CCCC(N)C2)c(C)c1. The zero-order valence-corrected chi connectivity index (χ0v) is 13.8. The minimum absolute atomic E-state index is 0.309. The molecule has 1 aliphatic rings. The van der Waals surface area contributed by atoms with Gasteiger partial charge in [-0.05, 0) is 49.4 Å². The minimum Gasteiger partial charge on any atom is -0.493 e. The summed E-state index contributed by atoms with van der Waals surface area (Å²) in [5.41, 5.74) is 8.68. The summed E-state index contributed by atoms with van der Waals surface area (Å²) in [6, 6.07) is 6.77. The summed E-state index contributed by atoms with van der Waals surface area (Å²) in [5, 5.41) is 0. The second kappa shape index (κ2) is 7.69. The molecule has 1 heterocycles. The van der Waals surface area contributed by atoms with Crippen LogP contribution in [0.25, 0.3) is 0 Å². The van der Waals surface area contributed by atoms with E-state index in [4.69, 9.17) is 10.5 Å². The van der Waals surface area contributed by atoms with Crippen molar-refractivity contribution in [1.82, 2.24) is 0 Å². The molecule has 118 valence electrons. The zero-order chi connectivity index (χ0) is 15.2. The van der Waals surface area contributed by atoms with Crippen molar-refractivity contribution >= 4 is 5.69 Å². The molecule has 2 rings (SSSR count). The highest BCUT2D eigenvalue weighted by atomic mass is 16.5. The summed E-state index contributed by atoms with van der Waals surface area (Å²) in [7, 11) is 0. The van der Waals surface area contributed by atoms with Crippen molar-refractivity contribution < 1.29 is 4.74 Å². The van der Waals surface area contributed by atoms with Crippen LogP contribution in [-0.2, 0) is 0 Å². The van der Waals surface area contributed by atoms with E-state index in [2.05, 4.69) is 43.9 Å². The van der Waals surface area contributed by atoms with Crippen molar-refractivity contribution in [3.05, 3.63) is 23.8 Å². The average Bonchev–Trinajstić information content (AvgIpc) is 2.48. The predicted octanol–water partition coefficient (Wildman–Crippen LogP) is 3.74. The Labute approximate surface area is 129 Å². The van der Waals surface area contributed by atoms with Gasteiger partial charge in [-0.2, -0.15) is 0 Å². The molecule has 3 heteroatoms. The molecule has 0 radical (unpaired) electrons. The van der Waals surface area contributed by atoms with E-state index in [0.717, 1.165) is 31.9 Å². The van der Waals surface area contributed by atoms with Gasteiger partial charge >= 0.3 is 0 Å². The van der Waals surface area contributed by atoms with Gasteiger partial charge in [-0.15, -0.1) is 0 Å². The number of hydrogen-bond acceptors (Lipinski definition) is 3. The molecule has 1 saturated heterocycles. The summed E-state index contributed by atoms with van der Waals surface area (Å²) >= 11 is 0. The molecule has 1 aromatic rings. The first-order valence-corrected chi connectivity index (χ1v) is 8.38. The van der Waals surface area contributed by atoms with Gasteiger partial charge in [0.1, 0.15) is 5.75 Å². The van der Waals surface area contributed by atoms with E-state index in [1.54, 1.807) is 0 Å². The second-order valence-corrected chi connectivity index (χ2v) is 6.29. The monoisotopic (exact) mass is 290 g/mol. The van der Waals surface area contributed by atoms with Crippen molar-refractivity contribution in [1.29, 1.82) is 0 Å². The zero-order valence-electron chi connectivity index (χ0n) is 13.8. The van der Waals surface area contributed by atoms with Gasteiger partial charge in [-0.1, -0.05) is 26.7 Å². The lowest BCUT2D eigenvalue weighted by Gasteiger charge is -2.33. The van der Waals surface area contributed by atoms with Gasteiger partial charge in [-0.3, -0.25) is 0 Å². The van der Waals surface area contributed by atoms with Crippen LogP contribution in [0.5, 0.6) is 5.75 Å². The molecule has 0 aromatic heterocycles. The van der Waals surface area contributed by atoms with Crippen molar-refractivity contribution in [2.75, 3.05) is 24.6 Å². The Bertz CT molecular complexity index is 443. The molecular weight excluding hydrogens is 260 g/mol. The molecule has 0 saturated carbocycles. The highest BCUT2D eigenvalue weighted by Gasteiger charge is 2.18. The topological polar surface area (TPSA) is 38.5 Å². The third-order valence-electron chi connectivity index (χ3n) is 4.61. The fraction of sp³-hybridized carbons (Fsp3) is 0.667. The third-order valence-corrected chi connectivity index (χ3v) is 4.61. The molecule has 0 aliphatic carbocycles. The van der Waals surface area contributed by atoms with Gasteiger partial charge in [-0.25, -0.2) is 0 Å². The number of nitrogens with zero attached hydrogens (tertiary/aromatic N) is 1. The lowest BCUT2D eigenvalue weighted by molar-refractivity contribution is 0.240. The van der Waals surface area contributed by atoms with E-state index < -0.39 is 0 Å². The Morgan fingerprint density at radius 3 is 2.71 bits per heavy atom. The van der Waals surface area contributed by atoms with Gasteiger partial charge in [0.15, 0.2) is 0 Å². The maximum absolute atomic E-state index is 6.09. The highest BCUT2D eigenvalue weighted by molar-refractivity contribution is 5.56. The van der Waals surface area contributed by atoms with E-state index in [-0.39, 0.29) is 0 Å². The molecule has 1 aromatic carbocycles. The van der Waals surface area contributed by atoms with E-state index in [1.807, 2.05) is 0 Å². The Hall–Kier alpha value is -1.22. The summed E-state index contributed by atoms with van der Waals surface area (Å²) in [6.07, 6.45) is 4.69. The van der Waals surface area contributed by atoms with Crippen LogP contribution in [0.15, 0.2) is 18.2 Å². The molecule has 0 bridgehead atoms. The van der Waals surface area contributed by atoms with Crippen LogP contribution in [-0.4, -0.2) is 25.7 Å². The van der Waals surface area contributed by atoms with Crippen LogP contribution in [0.2, 0.25) is 0 Å². The molecule has 3 nitrogen and oxygen atoms in total. The van der Waals surface area contributed by atoms with Crippen molar-refractivity contribution in [3.63, 3.8) is 0 Å². The molecule has 1 atom stereocenters. The summed E-state index contributed by atoms with van der Waals surface area (Å²) < 4.78 is 5.95. The minimum atomic E-state index is 0.309. The first-order chi connectivity index (χ1) is 10.1. The number of rotatable bonds is 6. The molecule has 0 spiro atoms. The lowest BCUT2D eigenvalue weighted by Crippen LogP contribution is -2.43. The number of benzene rings is 1. The first kappa shape index (κ1) is 16.2. The molecule has 1 aliphatic heterocycles. The fourth-order valence-corrected chi connectivity index (χ4v) is 3.04. The van der Waals surface area contributed by atoms with Crippen LogP contribution < -0.4 is 15.4 Å². The molecular formula is C18H30N2O. The van der Waals surface area contributed by atoms with E-state index in [1.165, 1.54) is 30.5 Å². The Kier molecular flexibility index (Phi) is 5.92. The largest absolute Gasteiger partial charge is 0.493 e. The van der Waals surface area contributed by atoms with Crippen LogP contribution in [0.4, 0.5) is 5.69 Å². The van der Waals surface area contributed by atoms with Gasteiger partial charge < -0.3 is 15.4 Å². The number of nitrogens with two attached hydrogens (primary N) is 1. The quantitative estimate of drug-likeness (QED) is 0.867. The smallest absolute Gasteiger partial charge is 0.119 e. The number of hydrogen-bond donors (Lipinski definition) is 1. The summed E-state index contributed by atoms with van der Waals surface area (Å²) in [4.78, 5) is 2.41. The summed E-state index contributed by atoms with van der Waals surface area (Å²) in [5.74, 6) is 1.65. The normalized spacial score (nSPS) is 19.1. The standard InChI is InChI=1S/C18H30N2O/c1-4-15(5-2)13-21-17-8-9-18(14(3)11-17)20-10-6-7-16(19)12-20/h8-9,11,15-16H,4-7,10,12-13,19H2,1-3H3. The highest BCUT2D eigenvalue weighted by Crippen LogP contribution is 2.27. The van der Waals surface area contributed by atoms with Gasteiger partial charge in [0.25, 0.3) is 0 Å². The maximum atomic E-state index is 6.09. The molecule has 21 heavy (non-hydrogen) atoms. The second-order valence-electron chi connectivity index (χ2n) is 6.29. The third kappa shape index (κ3) is 4.37. The van der Waals surface area contributed by atoms with Gasteiger partial charge in [0.05, 0.1) is 6.61 Å². The van der Waals surface area contributed by atoms with Gasteiger partial charge in [0.2, 0.25) is 0 Å². The molecule has 1 fully saturated rings. The fourth-order valence-electron chi connectivity index (χ4n) is 3.04. The van der Waals surface area contributed by atoms with Crippen molar-refractivity contribution in [3.8, 4) is 5.75 Å². The Morgan fingerprint density at radius 2 is 2.10 bits per heavy atom. The number of ether oxygens (including phenoxy) is 1. The van der Waals surface area contributed by atoms with Crippen molar-refractivity contribution in [2.45, 2.75) is 52.5 Å². The molecule has 2 N–H and O–H groups in total. The number of anilines is 1. The van der Waals surface area contributed by atoms with Crippen LogP contribution in [0.1, 0.15) is 45.1 Å². The number of aryl methyl sites for hydroxylation is 1. The van der Waals surface area contributed by atoms with E-state index in [9.17, 15) is 0 Å². The molecule has 1 unspecified atom stereocenters. The predicted molar refractivity (Wildman–Crippen MR) is 90.2 cm³/mol. The van der Waals surface area contributed by atoms with Gasteiger partial charge in [0, 0.05) is 24.8 Å². The number of piperidine rings is 1. The average molecular weight is 290 g/mol. The van der Waals surface area contributed by atoms with E-state index >= 15 is 0 Å².